The fourth-order valence-electron chi connectivity index (χ4n) is 4.41. The largest absolute Gasteiger partial charge is 0.348 e. The number of para-hydroxylation sites is 1. The van der Waals surface area contributed by atoms with Crippen LogP contribution in [0.1, 0.15) is 49.7 Å². The summed E-state index contributed by atoms with van der Waals surface area (Å²) >= 11 is 0. The first-order chi connectivity index (χ1) is 14.9. The van der Waals surface area contributed by atoms with E-state index in [1.54, 1.807) is 0 Å². The zero-order valence-electron chi connectivity index (χ0n) is 19.1. The third kappa shape index (κ3) is 4.79. The Morgan fingerprint density at radius 2 is 2.00 bits per heavy atom. The number of aryl methyl sites for hydroxylation is 2. The topological polar surface area (TPSA) is 63.1 Å². The smallest absolute Gasteiger partial charge is 0.252 e. The summed E-state index contributed by atoms with van der Waals surface area (Å²) in [6.45, 7) is 12.4. The lowest BCUT2D eigenvalue weighted by atomic mass is 9.99. The zero-order chi connectivity index (χ0) is 22.0. The summed E-state index contributed by atoms with van der Waals surface area (Å²) in [4.78, 5) is 20.6. The summed E-state index contributed by atoms with van der Waals surface area (Å²) in [6, 6.07) is 9.85. The van der Waals surface area contributed by atoms with Crippen molar-refractivity contribution in [3.05, 3.63) is 47.8 Å². The Bertz CT molecular complexity index is 1060. The maximum atomic E-state index is 13.3. The number of likely N-dealkylation sites (tertiary alicyclic amines) is 1. The Kier molecular flexibility index (Phi) is 6.37. The van der Waals surface area contributed by atoms with Crippen LogP contribution in [0.4, 0.5) is 0 Å². The minimum absolute atomic E-state index is 0.0433. The monoisotopic (exact) mass is 419 g/mol. The molecule has 0 spiro atoms. The van der Waals surface area contributed by atoms with E-state index in [-0.39, 0.29) is 11.9 Å². The average Bonchev–Trinajstić information content (AvgIpc) is 3.15. The molecule has 6 heteroatoms. The van der Waals surface area contributed by atoms with Gasteiger partial charge >= 0.3 is 0 Å². The molecule has 6 nitrogen and oxygen atoms in total. The lowest BCUT2D eigenvalue weighted by Crippen LogP contribution is -2.44. The molecule has 0 unspecified atom stereocenters. The van der Waals surface area contributed by atoms with Gasteiger partial charge < -0.3 is 10.2 Å². The van der Waals surface area contributed by atoms with Crippen molar-refractivity contribution in [2.75, 3.05) is 19.6 Å². The molecule has 3 aromatic rings. The van der Waals surface area contributed by atoms with E-state index in [9.17, 15) is 4.79 Å². The average molecular weight is 420 g/mol. The van der Waals surface area contributed by atoms with Crippen molar-refractivity contribution < 1.29 is 4.79 Å². The van der Waals surface area contributed by atoms with Crippen molar-refractivity contribution in [2.45, 2.75) is 53.1 Å². The molecule has 3 heterocycles. The molecule has 1 atom stereocenters. The van der Waals surface area contributed by atoms with Crippen LogP contribution in [0.25, 0.3) is 22.2 Å². The molecule has 2 aromatic heterocycles. The Hall–Kier alpha value is -2.73. The predicted octanol–water partition coefficient (Wildman–Crippen LogP) is 4.28. The first-order valence-corrected chi connectivity index (χ1v) is 11.4. The number of hydrogen-bond acceptors (Lipinski definition) is 4. The van der Waals surface area contributed by atoms with E-state index in [0.717, 1.165) is 60.0 Å². The van der Waals surface area contributed by atoms with Gasteiger partial charge in [-0.1, -0.05) is 25.1 Å². The molecule has 1 amide bonds. The number of benzene rings is 1. The van der Waals surface area contributed by atoms with Crippen LogP contribution in [0.3, 0.4) is 0 Å². The van der Waals surface area contributed by atoms with Gasteiger partial charge in [-0.2, -0.15) is 5.10 Å². The first-order valence-electron chi connectivity index (χ1n) is 11.4. The number of rotatable bonds is 6. The molecule has 0 radical (unpaired) electrons. The number of piperidine rings is 1. The van der Waals surface area contributed by atoms with Crippen molar-refractivity contribution in [1.82, 2.24) is 25.0 Å². The molecule has 164 valence electrons. The quantitative estimate of drug-likeness (QED) is 0.648. The summed E-state index contributed by atoms with van der Waals surface area (Å²) in [5, 5.41) is 8.65. The highest BCUT2D eigenvalue weighted by molar-refractivity contribution is 6.07. The van der Waals surface area contributed by atoms with Crippen molar-refractivity contribution in [3.8, 4) is 11.3 Å². The van der Waals surface area contributed by atoms with Crippen LogP contribution >= 0.6 is 0 Å². The van der Waals surface area contributed by atoms with Gasteiger partial charge in [0, 0.05) is 36.3 Å². The van der Waals surface area contributed by atoms with Gasteiger partial charge in [0.2, 0.25) is 0 Å². The second kappa shape index (κ2) is 9.18. The molecule has 1 fully saturated rings. The van der Waals surface area contributed by atoms with Crippen LogP contribution in [-0.2, 0) is 6.54 Å². The third-order valence-electron chi connectivity index (χ3n) is 6.29. The Morgan fingerprint density at radius 3 is 2.71 bits per heavy atom. The lowest BCUT2D eigenvalue weighted by Gasteiger charge is -2.32. The molecule has 1 aliphatic rings. The normalized spacial score (nSPS) is 16.5. The number of aromatic nitrogens is 3. The molecule has 4 rings (SSSR count). The van der Waals surface area contributed by atoms with E-state index in [4.69, 9.17) is 4.98 Å². The fourth-order valence-corrected chi connectivity index (χ4v) is 4.41. The van der Waals surface area contributed by atoms with Crippen molar-refractivity contribution >= 4 is 16.8 Å². The zero-order valence-corrected chi connectivity index (χ0v) is 19.1. The van der Waals surface area contributed by atoms with Crippen LogP contribution in [0, 0.1) is 12.8 Å². The first kappa shape index (κ1) is 21.5. The van der Waals surface area contributed by atoms with E-state index in [2.05, 4.69) is 36.1 Å². The SMILES string of the molecule is CCn1cc(-c2cc(C(=O)N[C@@H](C)CN3CCC(C)CC3)c3ccccc3n2)c(C)n1. The molecular weight excluding hydrogens is 386 g/mol. The van der Waals surface area contributed by atoms with Crippen LogP contribution in [0.15, 0.2) is 36.5 Å². The van der Waals surface area contributed by atoms with Crippen molar-refractivity contribution in [1.29, 1.82) is 0 Å². The van der Waals surface area contributed by atoms with Crippen molar-refractivity contribution in [3.63, 3.8) is 0 Å². The molecule has 0 saturated carbocycles. The van der Waals surface area contributed by atoms with E-state index in [1.165, 1.54) is 12.8 Å². The molecule has 1 saturated heterocycles. The number of carbonyl (C=O) groups excluding carboxylic acids is 1. The fraction of sp³-hybridized carbons (Fsp3) is 0.480. The minimum Gasteiger partial charge on any atom is -0.348 e. The highest BCUT2D eigenvalue weighted by atomic mass is 16.1. The van der Waals surface area contributed by atoms with E-state index < -0.39 is 0 Å². The van der Waals surface area contributed by atoms with Crippen LogP contribution in [-0.4, -0.2) is 51.2 Å². The molecule has 0 aliphatic carbocycles. The van der Waals surface area contributed by atoms with Gasteiger partial charge in [0.1, 0.15) is 0 Å². The van der Waals surface area contributed by atoms with Crippen LogP contribution in [0.2, 0.25) is 0 Å². The molecular formula is C25H33N5O. The molecule has 1 aromatic carbocycles. The Labute approximate surface area is 184 Å². The third-order valence-corrected chi connectivity index (χ3v) is 6.29. The second-order valence-electron chi connectivity index (χ2n) is 8.91. The minimum atomic E-state index is -0.0433. The van der Waals surface area contributed by atoms with Gasteiger partial charge in [-0.15, -0.1) is 0 Å². The Morgan fingerprint density at radius 1 is 1.26 bits per heavy atom. The van der Waals surface area contributed by atoms with E-state index >= 15 is 0 Å². The highest BCUT2D eigenvalue weighted by Gasteiger charge is 2.21. The second-order valence-corrected chi connectivity index (χ2v) is 8.91. The maximum absolute atomic E-state index is 13.3. The van der Waals surface area contributed by atoms with Gasteiger partial charge in [0.15, 0.2) is 0 Å². The maximum Gasteiger partial charge on any atom is 0.252 e. The van der Waals surface area contributed by atoms with Gasteiger partial charge in [0.25, 0.3) is 5.91 Å². The summed E-state index contributed by atoms with van der Waals surface area (Å²) in [5.74, 6) is 0.765. The predicted molar refractivity (Wildman–Crippen MR) is 125 cm³/mol. The van der Waals surface area contributed by atoms with Gasteiger partial charge in [-0.3, -0.25) is 9.48 Å². The number of carbonyl (C=O) groups is 1. The Balaban J connectivity index is 1.59. The van der Waals surface area contributed by atoms with Crippen molar-refractivity contribution in [2.24, 2.45) is 5.92 Å². The highest BCUT2D eigenvalue weighted by Crippen LogP contribution is 2.27. The number of fused-ring (bicyclic) bond motifs is 1. The standard InChI is InChI=1S/C25H33N5O/c1-5-30-16-22(19(4)28-30)24-14-21(20-8-6-7-9-23(20)27-24)25(31)26-18(3)15-29-12-10-17(2)11-13-29/h6-9,14,16-18H,5,10-13,15H2,1-4H3,(H,26,31)/t18-/m0/s1. The van der Waals surface area contributed by atoms with Gasteiger partial charge in [0.05, 0.1) is 22.5 Å². The lowest BCUT2D eigenvalue weighted by molar-refractivity contribution is 0.0923. The summed E-state index contributed by atoms with van der Waals surface area (Å²) in [5.41, 5.74) is 4.18. The molecule has 0 bridgehead atoms. The number of amides is 1. The summed E-state index contributed by atoms with van der Waals surface area (Å²) in [6.07, 6.45) is 4.49. The van der Waals surface area contributed by atoms with E-state index in [0.29, 0.717) is 5.56 Å². The van der Waals surface area contributed by atoms with Crippen LogP contribution < -0.4 is 5.32 Å². The van der Waals surface area contributed by atoms with Crippen LogP contribution in [0.5, 0.6) is 0 Å². The number of nitrogens with zero attached hydrogens (tertiary/aromatic N) is 4. The van der Waals surface area contributed by atoms with Gasteiger partial charge in [-0.05, 0) is 64.8 Å². The summed E-state index contributed by atoms with van der Waals surface area (Å²) in [7, 11) is 0. The van der Waals surface area contributed by atoms with E-state index in [1.807, 2.05) is 48.1 Å². The summed E-state index contributed by atoms with van der Waals surface area (Å²) < 4.78 is 1.91. The molecule has 31 heavy (non-hydrogen) atoms. The van der Waals surface area contributed by atoms with Gasteiger partial charge in [-0.25, -0.2) is 4.98 Å². The molecule has 1 N–H and O–H groups in total. The number of pyridine rings is 1. The number of nitrogens with one attached hydrogen (secondary N) is 1. The number of hydrogen-bond donors (Lipinski definition) is 1. The molecule has 1 aliphatic heterocycles.